The van der Waals surface area contributed by atoms with Crippen LogP contribution >= 0.6 is 0 Å². The van der Waals surface area contributed by atoms with Gasteiger partial charge in [0.1, 0.15) is 21.2 Å². The molecule has 2 aromatic rings. The number of piperazine rings is 1. The quantitative estimate of drug-likeness (QED) is 0.594. The summed E-state index contributed by atoms with van der Waals surface area (Å²) in [5.41, 5.74) is 0.479. The molecule has 1 amide bonds. The standard InChI is InChI=1S/C20H26N4O7S2/c1-13-19(14(2)31-21-13)33(28,29)24-10-8-23(9-11-24)20(25)15-4-7-17(30-3)18(12-15)32(26,27)22-16-5-6-16/h4,7,12,16,22H,5-6,8-11H2,1-3H3. The van der Waals surface area contributed by atoms with Crippen molar-refractivity contribution in [2.24, 2.45) is 0 Å². The van der Waals surface area contributed by atoms with Gasteiger partial charge in [-0.3, -0.25) is 4.79 Å². The molecular formula is C20H26N4O7S2. The molecule has 1 aromatic carbocycles. The van der Waals surface area contributed by atoms with Crippen molar-refractivity contribution < 1.29 is 30.9 Å². The molecule has 0 unspecified atom stereocenters. The molecule has 0 bridgehead atoms. The number of nitrogens with zero attached hydrogens (tertiary/aromatic N) is 3. The normalized spacial score (nSPS) is 17.8. The molecular weight excluding hydrogens is 472 g/mol. The van der Waals surface area contributed by atoms with Gasteiger partial charge >= 0.3 is 0 Å². The molecule has 1 aliphatic heterocycles. The molecule has 180 valence electrons. The van der Waals surface area contributed by atoms with Crippen LogP contribution in [0.2, 0.25) is 0 Å². The van der Waals surface area contributed by atoms with Crippen LogP contribution in [0.3, 0.4) is 0 Å². The Morgan fingerprint density at radius 2 is 1.79 bits per heavy atom. The molecule has 2 fully saturated rings. The van der Waals surface area contributed by atoms with Gasteiger partial charge in [0.05, 0.1) is 7.11 Å². The lowest BCUT2D eigenvalue weighted by Gasteiger charge is -2.34. The molecule has 33 heavy (non-hydrogen) atoms. The molecule has 0 atom stereocenters. The van der Waals surface area contributed by atoms with E-state index in [0.717, 1.165) is 12.8 Å². The number of rotatable bonds is 7. The maximum absolute atomic E-state index is 13.1. The van der Waals surface area contributed by atoms with Crippen LogP contribution in [0.15, 0.2) is 32.5 Å². The van der Waals surface area contributed by atoms with Gasteiger partial charge in [0.2, 0.25) is 20.0 Å². The first-order valence-corrected chi connectivity index (χ1v) is 13.4. The summed E-state index contributed by atoms with van der Waals surface area (Å²) >= 11 is 0. The highest BCUT2D eigenvalue weighted by atomic mass is 32.2. The van der Waals surface area contributed by atoms with Gasteiger partial charge in [0.25, 0.3) is 5.91 Å². The van der Waals surface area contributed by atoms with Gasteiger partial charge in [-0.25, -0.2) is 21.6 Å². The number of carbonyl (C=O) groups is 1. The highest BCUT2D eigenvalue weighted by Gasteiger charge is 2.35. The third-order valence-electron chi connectivity index (χ3n) is 5.69. The van der Waals surface area contributed by atoms with E-state index in [1.54, 1.807) is 13.8 Å². The summed E-state index contributed by atoms with van der Waals surface area (Å²) in [5.74, 6) is -0.0113. The molecule has 1 saturated heterocycles. The third-order valence-corrected chi connectivity index (χ3v) is 9.38. The van der Waals surface area contributed by atoms with E-state index in [9.17, 15) is 21.6 Å². The fraction of sp³-hybridized carbons (Fsp3) is 0.500. The second kappa shape index (κ2) is 8.70. The number of hydrogen-bond acceptors (Lipinski definition) is 8. The number of sulfonamides is 2. The number of ether oxygens (including phenoxy) is 1. The summed E-state index contributed by atoms with van der Waals surface area (Å²) in [6.07, 6.45) is 1.56. The van der Waals surface area contributed by atoms with Crippen molar-refractivity contribution >= 4 is 26.0 Å². The lowest BCUT2D eigenvalue weighted by molar-refractivity contribution is 0.0697. The van der Waals surface area contributed by atoms with Crippen molar-refractivity contribution in [3.8, 4) is 5.75 Å². The summed E-state index contributed by atoms with van der Waals surface area (Å²) in [5, 5.41) is 3.71. The summed E-state index contributed by atoms with van der Waals surface area (Å²) in [6.45, 7) is 3.63. The minimum Gasteiger partial charge on any atom is -0.495 e. The van der Waals surface area contributed by atoms with Crippen molar-refractivity contribution in [3.63, 3.8) is 0 Å². The second-order valence-electron chi connectivity index (χ2n) is 8.11. The average Bonchev–Trinajstić information content (AvgIpc) is 3.52. The molecule has 13 heteroatoms. The molecule has 1 aromatic heterocycles. The average molecular weight is 499 g/mol. The van der Waals surface area contributed by atoms with Crippen LogP contribution in [0.4, 0.5) is 0 Å². The zero-order valence-corrected chi connectivity index (χ0v) is 20.2. The third kappa shape index (κ3) is 4.63. The molecule has 2 aliphatic rings. The van der Waals surface area contributed by atoms with E-state index in [-0.39, 0.29) is 70.7 Å². The van der Waals surface area contributed by atoms with Crippen molar-refractivity contribution in [3.05, 3.63) is 35.2 Å². The first-order valence-electron chi connectivity index (χ1n) is 10.5. The number of hydrogen-bond donors (Lipinski definition) is 1. The molecule has 1 saturated carbocycles. The molecule has 1 aliphatic carbocycles. The van der Waals surface area contributed by atoms with E-state index in [2.05, 4.69) is 9.88 Å². The minimum absolute atomic E-state index is 0.0513. The second-order valence-corrected chi connectivity index (χ2v) is 11.7. The van der Waals surface area contributed by atoms with Gasteiger partial charge in [0.15, 0.2) is 5.76 Å². The Hall–Kier alpha value is -2.48. The van der Waals surface area contributed by atoms with Crippen LogP contribution in [0.5, 0.6) is 5.75 Å². The highest BCUT2D eigenvalue weighted by Crippen LogP contribution is 2.29. The van der Waals surface area contributed by atoms with E-state index < -0.39 is 20.0 Å². The van der Waals surface area contributed by atoms with E-state index in [4.69, 9.17) is 9.26 Å². The summed E-state index contributed by atoms with van der Waals surface area (Å²) in [6, 6.07) is 4.17. The molecule has 0 spiro atoms. The van der Waals surface area contributed by atoms with Crippen LogP contribution in [0, 0.1) is 13.8 Å². The highest BCUT2D eigenvalue weighted by molar-refractivity contribution is 7.89. The predicted octanol–water partition coefficient (Wildman–Crippen LogP) is 0.887. The lowest BCUT2D eigenvalue weighted by atomic mass is 10.1. The number of aryl methyl sites for hydroxylation is 2. The molecule has 2 heterocycles. The Labute approximate surface area is 192 Å². The number of methoxy groups -OCH3 is 1. The Morgan fingerprint density at radius 1 is 1.12 bits per heavy atom. The molecule has 0 radical (unpaired) electrons. The topological polar surface area (TPSA) is 139 Å². The lowest BCUT2D eigenvalue weighted by Crippen LogP contribution is -2.50. The van der Waals surface area contributed by atoms with E-state index in [1.807, 2.05) is 0 Å². The maximum Gasteiger partial charge on any atom is 0.253 e. The number of benzene rings is 1. The van der Waals surface area contributed by atoms with Crippen molar-refractivity contribution in [1.29, 1.82) is 0 Å². The Balaban J connectivity index is 1.50. The largest absolute Gasteiger partial charge is 0.495 e. The molecule has 11 nitrogen and oxygen atoms in total. The van der Waals surface area contributed by atoms with Gasteiger partial charge in [-0.1, -0.05) is 5.16 Å². The minimum atomic E-state index is -3.84. The van der Waals surface area contributed by atoms with E-state index in [0.29, 0.717) is 0 Å². The summed E-state index contributed by atoms with van der Waals surface area (Å²) < 4.78 is 65.5. The zero-order chi connectivity index (χ0) is 24.0. The van der Waals surface area contributed by atoms with Crippen molar-refractivity contribution in [2.45, 2.75) is 42.5 Å². The van der Waals surface area contributed by atoms with Gasteiger partial charge < -0.3 is 14.2 Å². The fourth-order valence-corrected chi connectivity index (χ4v) is 7.00. The molecule has 4 rings (SSSR count). The van der Waals surface area contributed by atoms with Crippen LogP contribution < -0.4 is 9.46 Å². The van der Waals surface area contributed by atoms with Crippen molar-refractivity contribution in [1.82, 2.24) is 19.1 Å². The number of aromatic nitrogens is 1. The number of carbonyl (C=O) groups excluding carboxylic acids is 1. The maximum atomic E-state index is 13.1. The van der Waals surface area contributed by atoms with Gasteiger partial charge in [-0.05, 0) is 44.9 Å². The monoisotopic (exact) mass is 498 g/mol. The van der Waals surface area contributed by atoms with E-state index in [1.165, 1.54) is 34.5 Å². The van der Waals surface area contributed by atoms with Crippen LogP contribution in [-0.4, -0.2) is 76.4 Å². The van der Waals surface area contributed by atoms with Gasteiger partial charge in [-0.15, -0.1) is 0 Å². The number of amides is 1. The van der Waals surface area contributed by atoms with Crippen molar-refractivity contribution in [2.75, 3.05) is 33.3 Å². The molecule has 1 N–H and O–H groups in total. The Bertz CT molecular complexity index is 1260. The zero-order valence-electron chi connectivity index (χ0n) is 18.6. The summed E-state index contributed by atoms with van der Waals surface area (Å²) in [4.78, 5) is 14.5. The summed E-state index contributed by atoms with van der Waals surface area (Å²) in [7, 11) is -6.27. The predicted molar refractivity (Wildman–Crippen MR) is 117 cm³/mol. The smallest absolute Gasteiger partial charge is 0.253 e. The number of nitrogens with one attached hydrogen (secondary N) is 1. The van der Waals surface area contributed by atoms with Gasteiger partial charge in [0, 0.05) is 37.8 Å². The fourth-order valence-electron chi connectivity index (χ4n) is 3.79. The Kier molecular flexibility index (Phi) is 6.24. The van der Waals surface area contributed by atoms with Crippen LogP contribution in [0.1, 0.15) is 34.7 Å². The van der Waals surface area contributed by atoms with Crippen LogP contribution in [0.25, 0.3) is 0 Å². The first kappa shape index (κ1) is 23.7. The first-order chi connectivity index (χ1) is 15.5. The van der Waals surface area contributed by atoms with E-state index >= 15 is 0 Å². The Morgan fingerprint density at radius 3 is 2.33 bits per heavy atom. The van der Waals surface area contributed by atoms with Crippen LogP contribution in [-0.2, 0) is 20.0 Å². The van der Waals surface area contributed by atoms with Gasteiger partial charge in [-0.2, -0.15) is 4.31 Å². The SMILES string of the molecule is COc1ccc(C(=O)N2CCN(S(=O)(=O)c3c(C)noc3C)CC2)cc1S(=O)(=O)NC1CC1.